The maximum Gasteiger partial charge on any atom is 0.345 e. The van der Waals surface area contributed by atoms with Crippen LogP contribution in [0.15, 0.2) is 79.1 Å². The van der Waals surface area contributed by atoms with Crippen LogP contribution in [0.25, 0.3) is 32.6 Å². The molecule has 0 bridgehead atoms. The quantitative estimate of drug-likeness (QED) is 0.0990. The number of aliphatic carboxylic acids is 1. The number of carboxylic acid groups (broad SMARTS) is 1. The number of hydrogen-bond donors (Lipinski definition) is 1. The van der Waals surface area contributed by atoms with Gasteiger partial charge in [0.2, 0.25) is 17.9 Å². The van der Waals surface area contributed by atoms with Crippen LogP contribution in [0.3, 0.4) is 0 Å². The lowest BCUT2D eigenvalue weighted by molar-refractivity contribution is -0.145. The first kappa shape index (κ1) is 45.5. The molecule has 3 aromatic carbocycles. The number of halogens is 1. The minimum absolute atomic E-state index is 0.0284. The highest BCUT2D eigenvalue weighted by Gasteiger charge is 2.31. The molecule has 1 saturated carbocycles. The van der Waals surface area contributed by atoms with Crippen LogP contribution in [0.2, 0.25) is 5.02 Å². The van der Waals surface area contributed by atoms with E-state index in [0.29, 0.717) is 46.1 Å². The highest BCUT2D eigenvalue weighted by atomic mass is 35.5. The summed E-state index contributed by atoms with van der Waals surface area (Å²) in [5.74, 6) is 1.69. The molecule has 3 fully saturated rings. The highest BCUT2D eigenvalue weighted by Crippen LogP contribution is 2.48. The van der Waals surface area contributed by atoms with Gasteiger partial charge in [-0.1, -0.05) is 66.6 Å². The standard InChI is InChI=1S/C51H56ClN7O6S/c1-32-40(15-16-42(47(32)52)63-28-27-58-25-23-57(3)24-26-58)45-46-44(30-54-48(45)36-8-6-9-36)66-56-50(46)65-43(51(61)62)29-38-7-4-5-10-41(38)64-31-39-17-20-53-49(55-39)37-13-11-34(12-14-37)35-18-21-59(22-19-35)33(2)60/h4-5,7,10-17,20,30,35-36,43H,6,8-9,18-19,21-29,31H2,1-3H3,(H,61,62)/t43-/m1/s1. The number of hydrogen-bond acceptors (Lipinski definition) is 12. The number of likely N-dealkylation sites (tertiary alicyclic amines) is 1. The van der Waals surface area contributed by atoms with E-state index < -0.39 is 12.1 Å². The molecule has 0 radical (unpaired) electrons. The van der Waals surface area contributed by atoms with Crippen molar-refractivity contribution in [3.63, 3.8) is 0 Å². The van der Waals surface area contributed by atoms with Crippen LogP contribution in [-0.2, 0) is 22.6 Å². The predicted octanol–water partition coefficient (Wildman–Crippen LogP) is 9.05. The van der Waals surface area contributed by atoms with Crippen molar-refractivity contribution < 1.29 is 28.9 Å². The van der Waals surface area contributed by atoms with Crippen molar-refractivity contribution in [2.24, 2.45) is 0 Å². The zero-order chi connectivity index (χ0) is 45.7. The van der Waals surface area contributed by atoms with Crippen LogP contribution in [0.5, 0.6) is 17.4 Å². The molecule has 13 nitrogen and oxygen atoms in total. The number of fused-ring (bicyclic) bond motifs is 1. The van der Waals surface area contributed by atoms with E-state index in [9.17, 15) is 14.7 Å². The van der Waals surface area contributed by atoms with Crippen molar-refractivity contribution in [2.45, 2.75) is 76.9 Å². The number of carbonyl (C=O) groups is 2. The Morgan fingerprint density at radius 2 is 1.67 bits per heavy atom. The molecule has 6 aromatic rings. The minimum Gasteiger partial charge on any atom is -0.491 e. The van der Waals surface area contributed by atoms with Gasteiger partial charge in [-0.2, -0.15) is 4.37 Å². The fourth-order valence-electron chi connectivity index (χ4n) is 9.20. The molecule has 1 N–H and O–H groups in total. The van der Waals surface area contributed by atoms with Crippen molar-refractivity contribution in [3.05, 3.63) is 112 Å². The summed E-state index contributed by atoms with van der Waals surface area (Å²) in [5, 5.41) is 11.9. The number of pyridine rings is 1. The second kappa shape index (κ2) is 20.5. The topological polar surface area (TPSA) is 143 Å². The number of likely N-dealkylation sites (N-methyl/N-ethyl adjacent to an activating group) is 1. The fourth-order valence-corrected chi connectivity index (χ4v) is 10.1. The Kier molecular flexibility index (Phi) is 14.1. The molecule has 1 atom stereocenters. The number of amides is 1. The van der Waals surface area contributed by atoms with E-state index in [1.807, 2.05) is 72.6 Å². The predicted molar refractivity (Wildman–Crippen MR) is 257 cm³/mol. The zero-order valence-corrected chi connectivity index (χ0v) is 39.3. The Balaban J connectivity index is 0.909. The van der Waals surface area contributed by atoms with Gasteiger partial charge < -0.3 is 29.1 Å². The maximum absolute atomic E-state index is 13.0. The largest absolute Gasteiger partial charge is 0.491 e. The van der Waals surface area contributed by atoms with Crippen molar-refractivity contribution in [1.29, 1.82) is 0 Å². The van der Waals surface area contributed by atoms with Gasteiger partial charge in [0.05, 0.1) is 26.5 Å². The lowest BCUT2D eigenvalue weighted by Gasteiger charge is -2.32. The minimum atomic E-state index is -1.27. The number of nitrogens with zero attached hydrogens (tertiary/aromatic N) is 7. The highest BCUT2D eigenvalue weighted by molar-refractivity contribution is 7.13. The van der Waals surface area contributed by atoms with E-state index in [4.69, 9.17) is 40.2 Å². The van der Waals surface area contributed by atoms with Gasteiger partial charge in [-0.15, -0.1) is 0 Å². The first-order chi connectivity index (χ1) is 32.1. The van der Waals surface area contributed by atoms with E-state index >= 15 is 0 Å². The SMILES string of the molecule is CC(=O)N1CCC(c2ccc(-c3nccc(COc4ccccc4C[C@@H](Oc4nsc5cnc(C6CCC6)c(-c6ccc(OCCN7CCN(C)CC7)c(Cl)c6C)c45)C(=O)O)n3)cc2)CC1. The van der Waals surface area contributed by atoms with Gasteiger partial charge in [-0.3, -0.25) is 14.7 Å². The molecule has 344 valence electrons. The summed E-state index contributed by atoms with van der Waals surface area (Å²) in [7, 11) is 2.15. The number of para-hydroxylation sites is 1. The van der Waals surface area contributed by atoms with Gasteiger partial charge >= 0.3 is 5.97 Å². The molecule has 0 spiro atoms. The number of carboxylic acids is 1. The van der Waals surface area contributed by atoms with Gasteiger partial charge in [-0.05, 0) is 97.6 Å². The second-order valence-electron chi connectivity index (χ2n) is 17.7. The smallest absolute Gasteiger partial charge is 0.345 e. The maximum atomic E-state index is 13.0. The first-order valence-electron chi connectivity index (χ1n) is 23.0. The van der Waals surface area contributed by atoms with Crippen molar-refractivity contribution in [2.75, 3.05) is 59.5 Å². The zero-order valence-electron chi connectivity index (χ0n) is 37.7. The number of benzene rings is 3. The summed E-state index contributed by atoms with van der Waals surface area (Å²) in [5.41, 5.74) is 7.08. The van der Waals surface area contributed by atoms with Crippen molar-refractivity contribution in [1.82, 2.24) is 34.0 Å². The molecule has 15 heteroatoms. The molecule has 1 amide bonds. The summed E-state index contributed by atoms with van der Waals surface area (Å²) in [6.45, 7) is 10.8. The third kappa shape index (κ3) is 10.2. The molecule has 3 aromatic heterocycles. The van der Waals surface area contributed by atoms with Crippen LogP contribution in [-0.4, -0.2) is 117 Å². The van der Waals surface area contributed by atoms with Gasteiger partial charge in [-0.25, -0.2) is 14.8 Å². The summed E-state index contributed by atoms with van der Waals surface area (Å²) >= 11 is 8.33. The van der Waals surface area contributed by atoms with E-state index in [1.54, 1.807) is 13.1 Å². The van der Waals surface area contributed by atoms with Crippen LogP contribution in [0.1, 0.15) is 78.9 Å². The normalized spacial score (nSPS) is 16.8. The second-order valence-corrected chi connectivity index (χ2v) is 18.9. The third-order valence-electron chi connectivity index (χ3n) is 13.5. The average Bonchev–Trinajstić information content (AvgIpc) is 3.73. The Bertz CT molecular complexity index is 2680. The number of piperidine rings is 1. The summed E-state index contributed by atoms with van der Waals surface area (Å²) in [4.78, 5) is 45.8. The van der Waals surface area contributed by atoms with E-state index in [-0.39, 0.29) is 30.7 Å². The Morgan fingerprint density at radius 3 is 2.39 bits per heavy atom. The number of piperazine rings is 1. The number of carbonyl (C=O) groups excluding carboxylic acids is 1. The summed E-state index contributed by atoms with van der Waals surface area (Å²) in [6.07, 6.45) is 7.36. The molecule has 3 aliphatic rings. The van der Waals surface area contributed by atoms with Crippen LogP contribution < -0.4 is 14.2 Å². The van der Waals surface area contributed by atoms with E-state index in [2.05, 4.69) is 34.0 Å². The van der Waals surface area contributed by atoms with Gasteiger partial charge in [0.1, 0.15) is 24.7 Å². The molecule has 9 rings (SSSR count). The number of ether oxygens (including phenoxy) is 3. The average molecular weight is 931 g/mol. The Morgan fingerprint density at radius 1 is 0.894 bits per heavy atom. The van der Waals surface area contributed by atoms with Gasteiger partial charge in [0.25, 0.3) is 0 Å². The van der Waals surface area contributed by atoms with E-state index in [1.165, 1.54) is 17.1 Å². The molecular weight excluding hydrogens is 874 g/mol. The molecule has 2 saturated heterocycles. The summed E-state index contributed by atoms with van der Waals surface area (Å²) in [6, 6.07) is 21.5. The van der Waals surface area contributed by atoms with Gasteiger partial charge in [0.15, 0.2) is 5.82 Å². The van der Waals surface area contributed by atoms with E-state index in [0.717, 1.165) is 116 Å². The molecule has 5 heterocycles. The monoisotopic (exact) mass is 929 g/mol. The van der Waals surface area contributed by atoms with Crippen molar-refractivity contribution in [3.8, 4) is 39.9 Å². The fraction of sp³-hybridized carbons (Fsp3) is 0.412. The molecule has 66 heavy (non-hydrogen) atoms. The molecular formula is C51H56ClN7O6S. The summed E-state index contributed by atoms with van der Waals surface area (Å²) < 4.78 is 24.6. The van der Waals surface area contributed by atoms with Gasteiger partial charge in [0, 0.05) is 88.6 Å². The first-order valence-corrected chi connectivity index (χ1v) is 24.1. The van der Waals surface area contributed by atoms with Crippen LogP contribution >= 0.6 is 23.1 Å². The van der Waals surface area contributed by atoms with Crippen molar-refractivity contribution >= 4 is 45.1 Å². The Hall–Kier alpha value is -5.67. The third-order valence-corrected chi connectivity index (χ3v) is 14.7. The lowest BCUT2D eigenvalue weighted by Crippen LogP contribution is -2.45. The Labute approximate surface area is 394 Å². The molecule has 2 aliphatic heterocycles. The molecule has 0 unspecified atom stereocenters. The van der Waals surface area contributed by atoms with Crippen LogP contribution in [0, 0.1) is 6.92 Å². The van der Waals surface area contributed by atoms with Crippen LogP contribution in [0.4, 0.5) is 0 Å². The number of rotatable bonds is 16. The lowest BCUT2D eigenvalue weighted by atomic mass is 9.79. The molecule has 1 aliphatic carbocycles. The number of aromatic nitrogens is 4.